The van der Waals surface area contributed by atoms with Crippen LogP contribution >= 0.6 is 34.8 Å². The van der Waals surface area contributed by atoms with Gasteiger partial charge in [0.1, 0.15) is 11.9 Å². The van der Waals surface area contributed by atoms with Crippen molar-refractivity contribution in [1.29, 1.82) is 0 Å². The summed E-state index contributed by atoms with van der Waals surface area (Å²) in [5.74, 6) is 0.472. The van der Waals surface area contributed by atoms with Crippen molar-refractivity contribution in [3.63, 3.8) is 0 Å². The molecule has 0 aliphatic heterocycles. The Morgan fingerprint density at radius 1 is 1.37 bits per heavy atom. The molecule has 2 N–H and O–H groups in total. The topological polar surface area (TPSA) is 54.3 Å². The SMILES string of the molecule is CC(C)(C)C(=O)N[C@H](NCc1ccco1)C(Cl)(Cl)Cl. The van der Waals surface area contributed by atoms with Gasteiger partial charge in [0.15, 0.2) is 0 Å². The van der Waals surface area contributed by atoms with Crippen LogP contribution in [0.2, 0.25) is 0 Å². The Morgan fingerprint density at radius 2 is 2.00 bits per heavy atom. The van der Waals surface area contributed by atoms with Crippen LogP contribution in [0.1, 0.15) is 26.5 Å². The lowest BCUT2D eigenvalue weighted by atomic mass is 9.95. The van der Waals surface area contributed by atoms with Gasteiger partial charge in [-0.3, -0.25) is 10.1 Å². The number of nitrogens with one attached hydrogen (secondary N) is 2. The summed E-state index contributed by atoms with van der Waals surface area (Å²) in [6, 6.07) is 3.54. The Labute approximate surface area is 127 Å². The van der Waals surface area contributed by atoms with Crippen LogP contribution in [-0.2, 0) is 11.3 Å². The molecule has 0 unspecified atom stereocenters. The summed E-state index contributed by atoms with van der Waals surface area (Å²) in [5, 5.41) is 5.62. The third-order valence-corrected chi connectivity index (χ3v) is 3.00. The lowest BCUT2D eigenvalue weighted by Crippen LogP contribution is -2.55. The van der Waals surface area contributed by atoms with Crippen molar-refractivity contribution >= 4 is 40.7 Å². The monoisotopic (exact) mass is 326 g/mol. The second kappa shape index (κ2) is 6.35. The average molecular weight is 328 g/mol. The maximum atomic E-state index is 11.9. The molecule has 0 radical (unpaired) electrons. The molecule has 0 saturated carbocycles. The number of carbonyl (C=O) groups excluding carboxylic acids is 1. The van der Waals surface area contributed by atoms with E-state index >= 15 is 0 Å². The summed E-state index contributed by atoms with van der Waals surface area (Å²) >= 11 is 17.6. The molecule has 19 heavy (non-hydrogen) atoms. The lowest BCUT2D eigenvalue weighted by Gasteiger charge is -2.29. The molecule has 0 aliphatic carbocycles. The van der Waals surface area contributed by atoms with Crippen molar-refractivity contribution in [3.05, 3.63) is 24.2 Å². The molecule has 0 aromatic carbocycles. The third-order valence-electron chi connectivity index (χ3n) is 2.34. The second-order valence-corrected chi connectivity index (χ2v) is 7.53. The van der Waals surface area contributed by atoms with Crippen LogP contribution in [-0.4, -0.2) is 15.9 Å². The highest BCUT2D eigenvalue weighted by Crippen LogP contribution is 2.30. The number of furan rings is 1. The highest BCUT2D eigenvalue weighted by Gasteiger charge is 2.36. The maximum Gasteiger partial charge on any atom is 0.226 e. The normalized spacial score (nSPS) is 14.2. The molecule has 1 atom stereocenters. The van der Waals surface area contributed by atoms with Gasteiger partial charge in [0.25, 0.3) is 0 Å². The standard InChI is InChI=1S/C12H17Cl3N2O2/c1-11(2,3)10(18)17-9(12(13,14)15)16-7-8-5-4-6-19-8/h4-6,9,16H,7H2,1-3H3,(H,17,18)/t9-/m0/s1. The first-order valence-electron chi connectivity index (χ1n) is 5.74. The van der Waals surface area contributed by atoms with E-state index in [4.69, 9.17) is 39.2 Å². The fourth-order valence-corrected chi connectivity index (χ4v) is 1.61. The first-order valence-corrected chi connectivity index (χ1v) is 6.87. The third kappa shape index (κ3) is 5.61. The van der Waals surface area contributed by atoms with Crippen LogP contribution in [0.25, 0.3) is 0 Å². The molecule has 1 aromatic rings. The first kappa shape index (κ1) is 16.6. The molecular formula is C12H17Cl3N2O2. The van der Waals surface area contributed by atoms with Gasteiger partial charge in [-0.1, -0.05) is 55.6 Å². The number of alkyl halides is 3. The van der Waals surface area contributed by atoms with Gasteiger partial charge >= 0.3 is 0 Å². The van der Waals surface area contributed by atoms with Gasteiger partial charge in [-0.05, 0) is 12.1 Å². The second-order valence-electron chi connectivity index (χ2n) is 5.16. The van der Waals surface area contributed by atoms with Crippen LogP contribution in [0.3, 0.4) is 0 Å². The van der Waals surface area contributed by atoms with E-state index in [0.29, 0.717) is 12.3 Å². The Hall–Kier alpha value is -0.420. The first-order chi connectivity index (χ1) is 8.60. The minimum absolute atomic E-state index is 0.212. The predicted molar refractivity (Wildman–Crippen MR) is 77.2 cm³/mol. The van der Waals surface area contributed by atoms with E-state index in [0.717, 1.165) is 0 Å². The van der Waals surface area contributed by atoms with Crippen LogP contribution in [0.5, 0.6) is 0 Å². The van der Waals surface area contributed by atoms with Crippen molar-refractivity contribution in [2.75, 3.05) is 0 Å². The zero-order valence-electron chi connectivity index (χ0n) is 11.0. The quantitative estimate of drug-likeness (QED) is 0.659. The van der Waals surface area contributed by atoms with Crippen molar-refractivity contribution in [3.8, 4) is 0 Å². The Bertz CT molecular complexity index is 408. The summed E-state index contributed by atoms with van der Waals surface area (Å²) in [6.45, 7) is 5.69. The number of amides is 1. The molecule has 0 fully saturated rings. The zero-order chi connectivity index (χ0) is 14.7. The highest BCUT2D eigenvalue weighted by molar-refractivity contribution is 6.68. The number of hydrogen-bond donors (Lipinski definition) is 2. The molecular weight excluding hydrogens is 311 g/mol. The minimum Gasteiger partial charge on any atom is -0.468 e. The van der Waals surface area contributed by atoms with Crippen molar-refractivity contribution in [2.24, 2.45) is 5.41 Å². The van der Waals surface area contributed by atoms with E-state index in [9.17, 15) is 4.79 Å². The van der Waals surface area contributed by atoms with E-state index in [1.807, 2.05) is 0 Å². The molecule has 0 aliphatic rings. The van der Waals surface area contributed by atoms with Crippen molar-refractivity contribution < 1.29 is 9.21 Å². The van der Waals surface area contributed by atoms with E-state index < -0.39 is 15.4 Å². The average Bonchev–Trinajstić information content (AvgIpc) is 2.73. The zero-order valence-corrected chi connectivity index (χ0v) is 13.2. The summed E-state index contributed by atoms with van der Waals surface area (Å²) in [6.07, 6.45) is 0.740. The number of rotatable bonds is 4. The van der Waals surface area contributed by atoms with E-state index in [1.54, 1.807) is 39.2 Å². The van der Waals surface area contributed by atoms with Gasteiger partial charge in [-0.2, -0.15) is 0 Å². The Morgan fingerprint density at radius 3 is 2.42 bits per heavy atom. The summed E-state index contributed by atoms with van der Waals surface area (Å²) < 4.78 is 3.51. The van der Waals surface area contributed by atoms with Crippen molar-refractivity contribution in [1.82, 2.24) is 10.6 Å². The molecule has 1 aromatic heterocycles. The van der Waals surface area contributed by atoms with Crippen LogP contribution in [0, 0.1) is 5.41 Å². The molecule has 4 nitrogen and oxygen atoms in total. The Balaban J connectivity index is 2.65. The number of hydrogen-bond acceptors (Lipinski definition) is 3. The van der Waals surface area contributed by atoms with Gasteiger partial charge in [-0.15, -0.1) is 0 Å². The fraction of sp³-hybridized carbons (Fsp3) is 0.583. The smallest absolute Gasteiger partial charge is 0.226 e. The molecule has 0 bridgehead atoms. The molecule has 1 amide bonds. The highest BCUT2D eigenvalue weighted by atomic mass is 35.6. The number of carbonyl (C=O) groups is 1. The fourth-order valence-electron chi connectivity index (χ4n) is 1.21. The van der Waals surface area contributed by atoms with E-state index in [2.05, 4.69) is 10.6 Å². The van der Waals surface area contributed by atoms with Gasteiger partial charge in [0.2, 0.25) is 9.70 Å². The summed E-state index contributed by atoms with van der Waals surface area (Å²) in [4.78, 5) is 11.9. The van der Waals surface area contributed by atoms with Crippen molar-refractivity contribution in [2.45, 2.75) is 37.3 Å². The summed E-state index contributed by atoms with van der Waals surface area (Å²) in [5.41, 5.74) is -0.569. The molecule has 7 heteroatoms. The molecule has 0 spiro atoms. The lowest BCUT2D eigenvalue weighted by molar-refractivity contribution is -0.129. The molecule has 108 valence electrons. The number of halogens is 3. The maximum absolute atomic E-state index is 11.9. The van der Waals surface area contributed by atoms with E-state index in [1.165, 1.54) is 0 Å². The van der Waals surface area contributed by atoms with Crippen LogP contribution in [0.15, 0.2) is 22.8 Å². The predicted octanol–water partition coefficient (Wildman–Crippen LogP) is 3.23. The van der Waals surface area contributed by atoms with E-state index in [-0.39, 0.29) is 5.91 Å². The van der Waals surface area contributed by atoms with Gasteiger partial charge in [-0.25, -0.2) is 0 Å². The van der Waals surface area contributed by atoms with Crippen LogP contribution in [0.4, 0.5) is 0 Å². The van der Waals surface area contributed by atoms with Gasteiger partial charge in [0.05, 0.1) is 12.8 Å². The van der Waals surface area contributed by atoms with Gasteiger partial charge in [0, 0.05) is 5.41 Å². The largest absolute Gasteiger partial charge is 0.468 e. The minimum atomic E-state index is -1.66. The molecule has 1 heterocycles. The van der Waals surface area contributed by atoms with Crippen LogP contribution < -0.4 is 10.6 Å². The Kier molecular flexibility index (Phi) is 5.56. The van der Waals surface area contributed by atoms with Gasteiger partial charge < -0.3 is 9.73 Å². The molecule has 0 saturated heterocycles. The molecule has 1 rings (SSSR count). The summed E-state index contributed by atoms with van der Waals surface area (Å²) in [7, 11) is 0.